The maximum atomic E-state index is 11.1. The van der Waals surface area contributed by atoms with E-state index in [0.717, 1.165) is 0 Å². The molecular weight excluding hydrogens is 267 g/mol. The molecule has 0 heterocycles. The van der Waals surface area contributed by atoms with Crippen molar-refractivity contribution in [1.82, 2.24) is 0 Å². The lowest BCUT2D eigenvalue weighted by Gasteiger charge is -2.14. The van der Waals surface area contributed by atoms with E-state index < -0.39 is 11.9 Å². The van der Waals surface area contributed by atoms with Crippen molar-refractivity contribution in [2.45, 2.75) is 20.8 Å². The fraction of sp³-hybridized carbons (Fsp3) is 0.273. The molecule has 0 aliphatic carbocycles. The molecule has 1 rings (SSSR count). The van der Waals surface area contributed by atoms with E-state index in [2.05, 4.69) is 0 Å². The fourth-order valence-electron chi connectivity index (χ4n) is 1.43. The topological polar surface area (TPSA) is 63.6 Å². The highest BCUT2D eigenvalue weighted by atomic mass is 35.5. The minimum absolute atomic E-state index is 0.0354. The molecule has 0 saturated carbocycles. The van der Waals surface area contributed by atoms with Gasteiger partial charge in [-0.05, 0) is 25.0 Å². The van der Waals surface area contributed by atoms with E-state index in [1.165, 1.54) is 13.8 Å². The Bertz CT molecular complexity index is 509. The molecule has 0 unspecified atom stereocenters. The van der Waals surface area contributed by atoms with Crippen molar-refractivity contribution in [3.63, 3.8) is 0 Å². The molecule has 0 aliphatic heterocycles. The van der Waals surface area contributed by atoms with Gasteiger partial charge in [0.1, 0.15) is 5.56 Å². The molecule has 0 spiro atoms. The van der Waals surface area contributed by atoms with Gasteiger partial charge >= 0.3 is 11.9 Å². The number of rotatable bonds is 2. The SMILES string of the molecule is CC(=O)Oc1c(Cl)c(C)c(Cl)c(C)c1C(=O)O. The number of carbonyl (C=O) groups excluding carboxylic acids is 1. The van der Waals surface area contributed by atoms with Gasteiger partial charge in [-0.2, -0.15) is 0 Å². The number of hydrogen-bond donors (Lipinski definition) is 1. The molecule has 0 saturated heterocycles. The summed E-state index contributed by atoms with van der Waals surface area (Å²) in [6, 6.07) is 0. The Balaban J connectivity index is 3.65. The van der Waals surface area contributed by atoms with Crippen molar-refractivity contribution in [1.29, 1.82) is 0 Å². The van der Waals surface area contributed by atoms with Crippen LogP contribution in [0.25, 0.3) is 0 Å². The first kappa shape index (κ1) is 13.8. The van der Waals surface area contributed by atoms with Crippen molar-refractivity contribution in [2.75, 3.05) is 0 Å². The predicted molar refractivity (Wildman–Crippen MR) is 64.2 cm³/mol. The van der Waals surface area contributed by atoms with Gasteiger partial charge in [0, 0.05) is 11.9 Å². The maximum Gasteiger partial charge on any atom is 0.339 e. The quantitative estimate of drug-likeness (QED) is 0.665. The zero-order valence-corrected chi connectivity index (χ0v) is 10.9. The molecule has 17 heavy (non-hydrogen) atoms. The maximum absolute atomic E-state index is 11.1. The van der Waals surface area contributed by atoms with Gasteiger partial charge in [0.25, 0.3) is 0 Å². The van der Waals surface area contributed by atoms with Crippen LogP contribution in [0.15, 0.2) is 0 Å². The Hall–Kier alpha value is -1.26. The lowest BCUT2D eigenvalue weighted by Crippen LogP contribution is -2.11. The highest BCUT2D eigenvalue weighted by molar-refractivity contribution is 6.38. The minimum atomic E-state index is -1.25. The van der Waals surface area contributed by atoms with Crippen LogP contribution in [0.4, 0.5) is 0 Å². The van der Waals surface area contributed by atoms with Gasteiger partial charge in [-0.15, -0.1) is 0 Å². The molecule has 92 valence electrons. The molecule has 0 aromatic heterocycles. The van der Waals surface area contributed by atoms with Crippen LogP contribution in [-0.4, -0.2) is 17.0 Å². The van der Waals surface area contributed by atoms with E-state index in [1.54, 1.807) is 6.92 Å². The van der Waals surface area contributed by atoms with Crippen molar-refractivity contribution in [3.8, 4) is 5.75 Å². The number of ether oxygens (including phenoxy) is 1. The third kappa shape index (κ3) is 2.53. The molecule has 0 amide bonds. The zero-order valence-electron chi connectivity index (χ0n) is 9.43. The second-order valence-corrected chi connectivity index (χ2v) is 4.24. The number of carbonyl (C=O) groups is 2. The van der Waals surface area contributed by atoms with Crippen molar-refractivity contribution < 1.29 is 19.4 Å². The Morgan fingerprint density at radius 2 is 1.65 bits per heavy atom. The summed E-state index contributed by atoms with van der Waals surface area (Å²) in [6.45, 7) is 4.32. The number of aromatic carboxylic acids is 1. The van der Waals surface area contributed by atoms with Crippen molar-refractivity contribution in [3.05, 3.63) is 26.7 Å². The summed E-state index contributed by atoms with van der Waals surface area (Å²) in [5.74, 6) is -2.05. The number of carboxylic acids is 1. The molecule has 1 aromatic rings. The van der Waals surface area contributed by atoms with Crippen LogP contribution in [0.3, 0.4) is 0 Å². The summed E-state index contributed by atoms with van der Waals surface area (Å²) in [7, 11) is 0. The molecule has 6 heteroatoms. The van der Waals surface area contributed by atoms with E-state index >= 15 is 0 Å². The fourth-order valence-corrected chi connectivity index (χ4v) is 1.90. The molecule has 0 radical (unpaired) electrons. The zero-order chi connectivity index (χ0) is 13.3. The van der Waals surface area contributed by atoms with E-state index in [4.69, 9.17) is 33.0 Å². The lowest BCUT2D eigenvalue weighted by atomic mass is 10.0. The van der Waals surface area contributed by atoms with Crippen LogP contribution in [0, 0.1) is 13.8 Å². The highest BCUT2D eigenvalue weighted by Gasteiger charge is 2.24. The first-order valence-electron chi connectivity index (χ1n) is 4.67. The Labute approximate surface area is 108 Å². The Kier molecular flexibility index (Phi) is 4.01. The van der Waals surface area contributed by atoms with E-state index in [9.17, 15) is 9.59 Å². The molecule has 0 atom stereocenters. The third-order valence-corrected chi connectivity index (χ3v) is 3.27. The first-order valence-corrected chi connectivity index (χ1v) is 5.42. The van der Waals surface area contributed by atoms with E-state index in [-0.39, 0.29) is 21.4 Å². The Morgan fingerprint density at radius 3 is 2.06 bits per heavy atom. The van der Waals surface area contributed by atoms with Crippen molar-refractivity contribution >= 4 is 35.1 Å². The molecule has 1 N–H and O–H groups in total. The summed E-state index contributed by atoms with van der Waals surface area (Å²) >= 11 is 11.9. The van der Waals surface area contributed by atoms with Crippen LogP contribution >= 0.6 is 23.2 Å². The number of esters is 1. The first-order chi connectivity index (χ1) is 7.77. The molecule has 1 aromatic carbocycles. The second-order valence-electron chi connectivity index (χ2n) is 3.48. The normalized spacial score (nSPS) is 10.2. The number of halogens is 2. The van der Waals surface area contributed by atoms with Gasteiger partial charge in [0.2, 0.25) is 0 Å². The van der Waals surface area contributed by atoms with Crippen LogP contribution in [0.5, 0.6) is 5.75 Å². The summed E-state index contributed by atoms with van der Waals surface area (Å²) in [4.78, 5) is 22.1. The van der Waals surface area contributed by atoms with E-state index in [0.29, 0.717) is 11.1 Å². The van der Waals surface area contributed by atoms with Crippen LogP contribution in [0.2, 0.25) is 10.0 Å². The summed E-state index contributed by atoms with van der Waals surface area (Å²) in [6.07, 6.45) is 0. The predicted octanol–water partition coefficient (Wildman–Crippen LogP) is 3.23. The molecule has 0 fully saturated rings. The summed E-state index contributed by atoms with van der Waals surface area (Å²) < 4.78 is 4.84. The molecule has 0 bridgehead atoms. The number of benzene rings is 1. The lowest BCUT2D eigenvalue weighted by molar-refractivity contribution is -0.131. The smallest absolute Gasteiger partial charge is 0.339 e. The summed E-state index contributed by atoms with van der Waals surface area (Å²) in [5, 5.41) is 9.38. The minimum Gasteiger partial charge on any atom is -0.478 e. The summed E-state index contributed by atoms with van der Waals surface area (Å²) in [5.41, 5.74) is 0.602. The second kappa shape index (κ2) is 4.94. The molecule has 0 aliphatic rings. The van der Waals surface area contributed by atoms with Gasteiger partial charge in [0.15, 0.2) is 5.75 Å². The van der Waals surface area contributed by atoms with Gasteiger partial charge < -0.3 is 9.84 Å². The monoisotopic (exact) mass is 276 g/mol. The average Bonchev–Trinajstić information content (AvgIpc) is 2.22. The molecule has 4 nitrogen and oxygen atoms in total. The van der Waals surface area contributed by atoms with Crippen LogP contribution < -0.4 is 4.74 Å². The molecular formula is C11H10Cl2O4. The largest absolute Gasteiger partial charge is 0.478 e. The van der Waals surface area contributed by atoms with Crippen LogP contribution in [-0.2, 0) is 4.79 Å². The number of hydrogen-bond acceptors (Lipinski definition) is 3. The average molecular weight is 277 g/mol. The number of carboxylic acid groups (broad SMARTS) is 1. The van der Waals surface area contributed by atoms with Gasteiger partial charge in [-0.25, -0.2) is 4.79 Å². The van der Waals surface area contributed by atoms with Crippen molar-refractivity contribution in [2.24, 2.45) is 0 Å². The standard InChI is InChI=1S/C11H10Cl2O4/c1-4-7(11(15)16)10(17-6(3)14)9(13)5(2)8(4)12/h1-3H3,(H,15,16). The Morgan fingerprint density at radius 1 is 1.12 bits per heavy atom. The van der Waals surface area contributed by atoms with E-state index in [1.807, 2.05) is 0 Å². The third-order valence-electron chi connectivity index (χ3n) is 2.25. The highest BCUT2D eigenvalue weighted by Crippen LogP contribution is 2.39. The van der Waals surface area contributed by atoms with Gasteiger partial charge in [-0.1, -0.05) is 23.2 Å². The van der Waals surface area contributed by atoms with Crippen LogP contribution in [0.1, 0.15) is 28.4 Å². The van der Waals surface area contributed by atoms with Gasteiger partial charge in [0.05, 0.1) is 5.02 Å². The van der Waals surface area contributed by atoms with Gasteiger partial charge in [-0.3, -0.25) is 4.79 Å².